The van der Waals surface area contributed by atoms with E-state index >= 15 is 0 Å². The highest BCUT2D eigenvalue weighted by atomic mass is 16.3. The number of hydrogen-bond acceptors (Lipinski definition) is 7. The van der Waals surface area contributed by atoms with E-state index in [9.17, 15) is 24.3 Å². The Hall–Kier alpha value is -5.66. The molecule has 0 saturated carbocycles. The number of phenolic OH excluding ortho intramolecular Hbond substituents is 1. The summed E-state index contributed by atoms with van der Waals surface area (Å²) in [7, 11) is 1.89. The number of para-hydroxylation sites is 1. The highest BCUT2D eigenvalue weighted by Gasteiger charge is 2.51. The van der Waals surface area contributed by atoms with Gasteiger partial charge < -0.3 is 24.8 Å². The van der Waals surface area contributed by atoms with Crippen molar-refractivity contribution in [3.63, 3.8) is 0 Å². The number of hydrazine groups is 2. The molecule has 52 heavy (non-hydrogen) atoms. The molecule has 3 aromatic carbocycles. The zero-order valence-electron chi connectivity index (χ0n) is 29.3. The first-order valence-corrected chi connectivity index (χ1v) is 17.7. The molecule has 4 heterocycles. The van der Waals surface area contributed by atoms with Crippen molar-refractivity contribution in [3.8, 4) is 5.75 Å². The number of benzene rings is 3. The largest absolute Gasteiger partial charge is 0.508 e. The second-order valence-corrected chi connectivity index (χ2v) is 13.6. The van der Waals surface area contributed by atoms with Crippen LogP contribution in [0.4, 0.5) is 4.79 Å². The van der Waals surface area contributed by atoms with Gasteiger partial charge >= 0.3 is 6.03 Å². The van der Waals surface area contributed by atoms with Crippen LogP contribution < -0.4 is 10.7 Å². The van der Waals surface area contributed by atoms with Gasteiger partial charge in [-0.1, -0.05) is 66.7 Å². The maximum Gasteiger partial charge on any atom is 0.334 e. The molecule has 3 N–H and O–H groups in total. The van der Waals surface area contributed by atoms with Crippen molar-refractivity contribution in [1.29, 1.82) is 0 Å². The molecule has 13 heteroatoms. The zero-order chi connectivity index (χ0) is 36.4. The number of urea groups is 1. The summed E-state index contributed by atoms with van der Waals surface area (Å²) in [6.07, 6.45) is 4.92. The van der Waals surface area contributed by atoms with Crippen molar-refractivity contribution in [2.45, 2.75) is 44.6 Å². The number of fused-ring (bicyclic) bond motifs is 2. The van der Waals surface area contributed by atoms with E-state index in [1.807, 2.05) is 71.4 Å². The van der Waals surface area contributed by atoms with Gasteiger partial charge in [-0.3, -0.25) is 19.8 Å². The molecule has 3 aliphatic heterocycles. The van der Waals surface area contributed by atoms with Crippen LogP contribution in [0.1, 0.15) is 39.9 Å². The summed E-state index contributed by atoms with van der Waals surface area (Å²) in [4.78, 5) is 59.3. The van der Waals surface area contributed by atoms with E-state index in [4.69, 9.17) is 0 Å². The number of piperazine rings is 1. The smallest absolute Gasteiger partial charge is 0.334 e. The topological polar surface area (TPSA) is 134 Å². The number of aryl methyl sites for hydroxylation is 1. The standard InChI is InChI=1S/C39H44N8O5/c1-3-18-45-26-35(49)46-33(21-27-14-16-30(48)17-15-27)38(51)43(25-34(46)47(45)39(52)40-22-28-10-5-4-6-11-28)23-29-12-9-13-31-32(24-42(2)36(29)31)37(50)41-44-19-7-8-20-44/h3-6,9-17,24,33-34,48H,1,7-8,18-23,25-26H2,2H3,(H,40,52)(H,41,50)/t33-,34-/m0/s1. The number of aromatic nitrogens is 1. The number of carbonyl (C=O) groups is 4. The summed E-state index contributed by atoms with van der Waals surface area (Å²) in [5.41, 5.74) is 6.92. The first-order chi connectivity index (χ1) is 25.2. The third-order valence-electron chi connectivity index (χ3n) is 10.1. The van der Waals surface area contributed by atoms with E-state index in [0.29, 0.717) is 5.56 Å². The van der Waals surface area contributed by atoms with Gasteiger partial charge in [-0.2, -0.15) is 0 Å². The first kappa shape index (κ1) is 34.8. The van der Waals surface area contributed by atoms with Crippen LogP contribution in [0.3, 0.4) is 0 Å². The SMILES string of the molecule is C=CCN1CC(=O)N2[C@@H](Cc3ccc(O)cc3)C(=O)N(Cc3cccc4c(C(=O)NN5CCCC5)cn(C)c34)C[C@@H]2N1C(=O)NCc1ccccc1. The third-order valence-corrected chi connectivity index (χ3v) is 10.1. The summed E-state index contributed by atoms with van der Waals surface area (Å²) in [6, 6.07) is 20.6. The summed E-state index contributed by atoms with van der Waals surface area (Å²) in [6.45, 7) is 6.17. The number of phenols is 1. The molecule has 5 amide bonds. The molecular weight excluding hydrogens is 660 g/mol. The van der Waals surface area contributed by atoms with Gasteiger partial charge in [-0.05, 0) is 41.7 Å². The van der Waals surface area contributed by atoms with Crippen LogP contribution in [0.2, 0.25) is 0 Å². The number of amides is 5. The number of hydrogen-bond donors (Lipinski definition) is 3. The maximum absolute atomic E-state index is 14.6. The van der Waals surface area contributed by atoms with E-state index in [2.05, 4.69) is 17.3 Å². The number of aromatic hydroxyl groups is 1. The Morgan fingerprint density at radius 1 is 0.962 bits per heavy atom. The highest BCUT2D eigenvalue weighted by molar-refractivity contribution is 6.07. The second kappa shape index (κ2) is 14.9. The van der Waals surface area contributed by atoms with E-state index in [0.717, 1.165) is 53.5 Å². The lowest BCUT2D eigenvalue weighted by atomic mass is 9.98. The molecule has 1 aromatic heterocycles. The quantitative estimate of drug-likeness (QED) is 0.216. The molecule has 0 bridgehead atoms. The molecule has 3 fully saturated rings. The van der Waals surface area contributed by atoms with Crippen molar-refractivity contribution in [3.05, 3.63) is 114 Å². The van der Waals surface area contributed by atoms with Crippen molar-refractivity contribution in [1.82, 2.24) is 40.1 Å². The summed E-state index contributed by atoms with van der Waals surface area (Å²) in [5, 5.41) is 18.9. The Balaban J connectivity index is 1.23. The summed E-state index contributed by atoms with van der Waals surface area (Å²) < 4.78 is 1.91. The average molecular weight is 705 g/mol. The van der Waals surface area contributed by atoms with Crippen LogP contribution >= 0.6 is 0 Å². The molecule has 2 atom stereocenters. The summed E-state index contributed by atoms with van der Waals surface area (Å²) >= 11 is 0. The lowest BCUT2D eigenvalue weighted by molar-refractivity contribution is -0.189. The van der Waals surface area contributed by atoms with Gasteiger partial charge in [0, 0.05) is 57.8 Å². The van der Waals surface area contributed by atoms with Gasteiger partial charge in [0.2, 0.25) is 11.8 Å². The van der Waals surface area contributed by atoms with Gasteiger partial charge in [0.1, 0.15) is 18.0 Å². The lowest BCUT2D eigenvalue weighted by Gasteiger charge is -2.55. The molecule has 4 aromatic rings. The molecule has 13 nitrogen and oxygen atoms in total. The molecule has 0 spiro atoms. The molecule has 0 radical (unpaired) electrons. The predicted molar refractivity (Wildman–Crippen MR) is 195 cm³/mol. The van der Waals surface area contributed by atoms with Crippen LogP contribution in [-0.2, 0) is 36.1 Å². The fourth-order valence-electron chi connectivity index (χ4n) is 7.65. The number of rotatable bonds is 10. The fraction of sp³-hybridized carbons (Fsp3) is 0.333. The molecule has 3 aliphatic rings. The maximum atomic E-state index is 14.6. The average Bonchev–Trinajstić information content (AvgIpc) is 3.78. The molecule has 0 unspecified atom stereocenters. The van der Waals surface area contributed by atoms with Crippen LogP contribution in [0.15, 0.2) is 91.6 Å². The Morgan fingerprint density at radius 3 is 2.44 bits per heavy atom. The van der Waals surface area contributed by atoms with Crippen molar-refractivity contribution in [2.24, 2.45) is 7.05 Å². The Morgan fingerprint density at radius 2 is 1.71 bits per heavy atom. The Labute approximate surface area is 302 Å². The van der Waals surface area contributed by atoms with E-state index in [1.54, 1.807) is 50.2 Å². The van der Waals surface area contributed by atoms with Gasteiger partial charge in [-0.25, -0.2) is 19.8 Å². The van der Waals surface area contributed by atoms with Crippen molar-refractivity contribution in [2.75, 3.05) is 32.7 Å². The van der Waals surface area contributed by atoms with Gasteiger partial charge in [0.05, 0.1) is 24.2 Å². The molecule has 7 rings (SSSR count). The van der Waals surface area contributed by atoms with E-state index in [-0.39, 0.29) is 62.6 Å². The normalized spacial score (nSPS) is 19.6. The van der Waals surface area contributed by atoms with Crippen molar-refractivity contribution >= 4 is 34.7 Å². The van der Waals surface area contributed by atoms with Crippen LogP contribution in [0.5, 0.6) is 5.75 Å². The molecule has 3 saturated heterocycles. The zero-order valence-corrected chi connectivity index (χ0v) is 29.3. The number of nitrogens with zero attached hydrogens (tertiary/aromatic N) is 6. The van der Waals surface area contributed by atoms with E-state index < -0.39 is 18.2 Å². The minimum atomic E-state index is -0.916. The monoisotopic (exact) mass is 704 g/mol. The van der Waals surface area contributed by atoms with Gasteiger partial charge in [0.25, 0.3) is 5.91 Å². The second-order valence-electron chi connectivity index (χ2n) is 13.6. The molecular formula is C39H44N8O5. The predicted octanol–water partition coefficient (Wildman–Crippen LogP) is 3.36. The molecule has 270 valence electrons. The summed E-state index contributed by atoms with van der Waals surface area (Å²) in [5.74, 6) is -0.604. The van der Waals surface area contributed by atoms with Gasteiger partial charge in [0.15, 0.2) is 0 Å². The minimum absolute atomic E-state index is 0.0617. The van der Waals surface area contributed by atoms with Crippen molar-refractivity contribution < 1.29 is 24.3 Å². The third kappa shape index (κ3) is 6.97. The number of nitrogens with one attached hydrogen (secondary N) is 2. The van der Waals surface area contributed by atoms with Crippen LogP contribution in [0, 0.1) is 0 Å². The van der Waals surface area contributed by atoms with E-state index in [1.165, 1.54) is 0 Å². The fourth-order valence-corrected chi connectivity index (χ4v) is 7.65. The Bertz CT molecular complexity index is 1970. The lowest BCUT2D eigenvalue weighted by Crippen LogP contribution is -2.76. The first-order valence-electron chi connectivity index (χ1n) is 17.7. The Kier molecular flexibility index (Phi) is 9.97. The van der Waals surface area contributed by atoms with Crippen LogP contribution in [-0.4, -0.2) is 103 Å². The molecule has 0 aliphatic carbocycles. The van der Waals surface area contributed by atoms with Crippen LogP contribution in [0.25, 0.3) is 10.9 Å². The highest BCUT2D eigenvalue weighted by Crippen LogP contribution is 2.32. The van der Waals surface area contributed by atoms with Gasteiger partial charge in [-0.15, -0.1) is 6.58 Å². The minimum Gasteiger partial charge on any atom is -0.508 e. The number of carbonyl (C=O) groups excluding carboxylic acids is 4.